The highest BCUT2D eigenvalue weighted by atomic mass is 35.5. The highest BCUT2D eigenvalue weighted by Crippen LogP contribution is 2.38. The molecule has 3 rings (SSSR count). The zero-order valence-electron chi connectivity index (χ0n) is 13.0. The molecule has 2 aromatic carbocycles. The average Bonchev–Trinajstić information content (AvgIpc) is 2.79. The van der Waals surface area contributed by atoms with Crippen LogP contribution < -0.4 is 4.90 Å². The second-order valence-electron chi connectivity index (χ2n) is 5.47. The molecule has 0 radical (unpaired) electrons. The Balaban J connectivity index is 2.00. The lowest BCUT2D eigenvalue weighted by Gasteiger charge is -2.17. The number of halogens is 2. The Morgan fingerprint density at radius 2 is 1.88 bits per heavy atom. The fourth-order valence-electron chi connectivity index (χ4n) is 2.40. The zero-order valence-corrected chi connectivity index (χ0v) is 16.1. The van der Waals surface area contributed by atoms with E-state index < -0.39 is 0 Å². The summed E-state index contributed by atoms with van der Waals surface area (Å²) < 4.78 is 0.519. The van der Waals surface area contributed by atoms with E-state index in [-0.39, 0.29) is 5.91 Å². The van der Waals surface area contributed by atoms with E-state index in [1.54, 1.807) is 29.2 Å². The van der Waals surface area contributed by atoms with Gasteiger partial charge in [-0.05, 0) is 54.8 Å². The van der Waals surface area contributed by atoms with Gasteiger partial charge in [-0.15, -0.1) is 0 Å². The highest BCUT2D eigenvalue weighted by molar-refractivity contribution is 8.27. The van der Waals surface area contributed by atoms with Crippen LogP contribution in [0.1, 0.15) is 16.7 Å². The van der Waals surface area contributed by atoms with E-state index in [0.717, 1.165) is 22.4 Å². The van der Waals surface area contributed by atoms with Crippen molar-refractivity contribution in [3.63, 3.8) is 0 Å². The van der Waals surface area contributed by atoms with E-state index in [9.17, 15) is 4.79 Å². The number of aryl methyl sites for hydroxylation is 2. The maximum Gasteiger partial charge on any atom is 0.270 e. The summed E-state index contributed by atoms with van der Waals surface area (Å²) in [6, 6.07) is 11.2. The quantitative estimate of drug-likeness (QED) is 0.459. The number of anilines is 1. The van der Waals surface area contributed by atoms with Gasteiger partial charge in [0.2, 0.25) is 0 Å². The minimum absolute atomic E-state index is 0.135. The smallest absolute Gasteiger partial charge is 0.268 e. The number of hydrogen-bond donors (Lipinski definition) is 0. The number of nitrogens with zero attached hydrogens (tertiary/aromatic N) is 1. The topological polar surface area (TPSA) is 20.3 Å². The monoisotopic (exact) mass is 393 g/mol. The van der Waals surface area contributed by atoms with E-state index in [1.165, 1.54) is 11.8 Å². The molecule has 2 aromatic rings. The Morgan fingerprint density at radius 1 is 1.12 bits per heavy atom. The molecule has 24 heavy (non-hydrogen) atoms. The van der Waals surface area contributed by atoms with Crippen LogP contribution >= 0.6 is 47.2 Å². The Kier molecular flexibility index (Phi) is 5.02. The minimum Gasteiger partial charge on any atom is -0.268 e. The highest BCUT2D eigenvalue weighted by Gasteiger charge is 2.34. The second kappa shape index (κ2) is 6.89. The number of amides is 1. The van der Waals surface area contributed by atoms with Gasteiger partial charge in [0, 0.05) is 10.0 Å². The van der Waals surface area contributed by atoms with Gasteiger partial charge in [-0.2, -0.15) is 0 Å². The first kappa shape index (κ1) is 17.5. The molecule has 1 saturated heterocycles. The van der Waals surface area contributed by atoms with Crippen molar-refractivity contribution < 1.29 is 4.79 Å². The zero-order chi connectivity index (χ0) is 17.4. The van der Waals surface area contributed by atoms with E-state index in [0.29, 0.717) is 19.3 Å². The first-order valence-corrected chi connectivity index (χ1v) is 9.15. The number of rotatable bonds is 2. The largest absolute Gasteiger partial charge is 0.270 e. The van der Waals surface area contributed by atoms with Crippen LogP contribution in [0.25, 0.3) is 6.08 Å². The summed E-state index contributed by atoms with van der Waals surface area (Å²) in [6.45, 7) is 3.96. The summed E-state index contributed by atoms with van der Waals surface area (Å²) in [5.74, 6) is -0.135. The van der Waals surface area contributed by atoms with E-state index in [4.69, 9.17) is 35.4 Å². The van der Waals surface area contributed by atoms with Crippen LogP contribution in [0.5, 0.6) is 0 Å². The molecule has 1 aliphatic heterocycles. The van der Waals surface area contributed by atoms with Gasteiger partial charge in [0.15, 0.2) is 4.32 Å². The molecule has 0 spiro atoms. The molecule has 6 heteroatoms. The minimum atomic E-state index is -0.135. The average molecular weight is 394 g/mol. The van der Waals surface area contributed by atoms with Crippen molar-refractivity contribution in [3.05, 3.63) is 68.0 Å². The molecule has 0 aliphatic carbocycles. The van der Waals surface area contributed by atoms with Crippen molar-refractivity contribution in [1.82, 2.24) is 0 Å². The summed E-state index contributed by atoms with van der Waals surface area (Å²) in [5, 5.41) is 1.06. The van der Waals surface area contributed by atoms with Crippen LogP contribution in [0.2, 0.25) is 10.0 Å². The van der Waals surface area contributed by atoms with E-state index >= 15 is 0 Å². The summed E-state index contributed by atoms with van der Waals surface area (Å²) >= 11 is 18.8. The third kappa shape index (κ3) is 3.38. The van der Waals surface area contributed by atoms with Crippen LogP contribution in [-0.2, 0) is 4.79 Å². The van der Waals surface area contributed by atoms with Gasteiger partial charge in [0.1, 0.15) is 0 Å². The molecule has 0 saturated carbocycles. The third-order valence-electron chi connectivity index (χ3n) is 3.65. The Labute approximate surface area is 160 Å². The van der Waals surface area contributed by atoms with Crippen molar-refractivity contribution in [1.29, 1.82) is 0 Å². The van der Waals surface area contributed by atoms with Gasteiger partial charge in [0.05, 0.1) is 10.6 Å². The molecule has 1 aliphatic rings. The Morgan fingerprint density at radius 3 is 2.58 bits per heavy atom. The first-order chi connectivity index (χ1) is 11.4. The van der Waals surface area contributed by atoms with E-state index in [1.807, 2.05) is 32.0 Å². The number of hydrogen-bond acceptors (Lipinski definition) is 3. The van der Waals surface area contributed by atoms with Crippen molar-refractivity contribution in [2.45, 2.75) is 13.8 Å². The lowest BCUT2D eigenvalue weighted by atomic mass is 10.1. The number of benzene rings is 2. The molecule has 1 fully saturated rings. The van der Waals surface area contributed by atoms with Gasteiger partial charge in [-0.25, -0.2) is 0 Å². The van der Waals surface area contributed by atoms with Crippen molar-refractivity contribution in [2.24, 2.45) is 0 Å². The van der Waals surface area contributed by atoms with Gasteiger partial charge in [-0.1, -0.05) is 65.4 Å². The predicted octanol–water partition coefficient (Wildman–Crippen LogP) is 6.02. The Bertz CT molecular complexity index is 893. The Hall–Kier alpha value is -1.33. The van der Waals surface area contributed by atoms with Gasteiger partial charge >= 0.3 is 0 Å². The summed E-state index contributed by atoms with van der Waals surface area (Å²) in [6.07, 6.45) is 1.75. The summed E-state index contributed by atoms with van der Waals surface area (Å²) in [4.78, 5) is 15.0. The lowest BCUT2D eigenvalue weighted by Crippen LogP contribution is -2.28. The number of carbonyl (C=O) groups is 1. The molecular weight excluding hydrogens is 381 g/mol. The fraction of sp³-hybridized carbons (Fsp3) is 0.111. The van der Waals surface area contributed by atoms with Crippen LogP contribution in [0.15, 0.2) is 41.3 Å². The molecule has 0 unspecified atom stereocenters. The van der Waals surface area contributed by atoms with Crippen LogP contribution in [0, 0.1) is 13.8 Å². The summed E-state index contributed by atoms with van der Waals surface area (Å²) in [7, 11) is 0. The van der Waals surface area contributed by atoms with Crippen LogP contribution in [-0.4, -0.2) is 10.2 Å². The molecule has 0 bridgehead atoms. The first-order valence-electron chi connectivity index (χ1n) is 7.17. The van der Waals surface area contributed by atoms with Gasteiger partial charge in [0.25, 0.3) is 5.91 Å². The second-order valence-corrected chi connectivity index (χ2v) is 7.99. The molecule has 2 nitrogen and oxygen atoms in total. The standard InChI is InChI=1S/C18H13Cl2NOS2/c1-10-3-4-11(2)15(7-10)21-17(22)16(24-18(21)23)8-12-5-6-13(19)9-14(12)20/h3-9H,1-2H3/b16-8-. The summed E-state index contributed by atoms with van der Waals surface area (Å²) in [5.41, 5.74) is 3.64. The van der Waals surface area contributed by atoms with Crippen molar-refractivity contribution in [3.8, 4) is 0 Å². The van der Waals surface area contributed by atoms with Gasteiger partial charge in [-0.3, -0.25) is 9.69 Å². The molecule has 1 amide bonds. The molecular formula is C18H13Cl2NOS2. The maximum atomic E-state index is 12.8. The van der Waals surface area contributed by atoms with Gasteiger partial charge < -0.3 is 0 Å². The molecule has 0 atom stereocenters. The van der Waals surface area contributed by atoms with Crippen LogP contribution in [0.3, 0.4) is 0 Å². The van der Waals surface area contributed by atoms with Crippen molar-refractivity contribution >= 4 is 69.2 Å². The fourth-order valence-corrected chi connectivity index (χ4v) is 4.13. The normalized spacial score (nSPS) is 16.3. The maximum absolute atomic E-state index is 12.8. The van der Waals surface area contributed by atoms with Crippen LogP contribution in [0.4, 0.5) is 5.69 Å². The van der Waals surface area contributed by atoms with E-state index in [2.05, 4.69) is 0 Å². The SMILES string of the molecule is Cc1ccc(C)c(N2C(=O)/C(=C/c3ccc(Cl)cc3Cl)SC2=S)c1. The molecule has 0 aromatic heterocycles. The predicted molar refractivity (Wildman–Crippen MR) is 108 cm³/mol. The third-order valence-corrected chi connectivity index (χ3v) is 5.51. The number of thioether (sulfide) groups is 1. The molecule has 1 heterocycles. The van der Waals surface area contributed by atoms with Crippen molar-refractivity contribution in [2.75, 3.05) is 4.90 Å². The molecule has 0 N–H and O–H groups in total. The molecule has 122 valence electrons. The number of carbonyl (C=O) groups excluding carboxylic acids is 1. The number of thiocarbonyl (C=S) groups is 1. The lowest BCUT2D eigenvalue weighted by molar-refractivity contribution is -0.113.